The molecule has 1 heterocycles. The number of hydrogen-bond acceptors (Lipinski definition) is 4. The third kappa shape index (κ3) is 3.22. The predicted molar refractivity (Wildman–Crippen MR) is 77.0 cm³/mol. The molecular weight excluding hydrogens is 256 g/mol. The number of nitrogens with one attached hydrogen (secondary N) is 1. The second-order valence-corrected chi connectivity index (χ2v) is 4.92. The van der Waals surface area contributed by atoms with E-state index in [4.69, 9.17) is 9.47 Å². The van der Waals surface area contributed by atoms with Crippen molar-refractivity contribution in [1.29, 1.82) is 0 Å². The van der Waals surface area contributed by atoms with E-state index in [2.05, 4.69) is 12.2 Å². The summed E-state index contributed by atoms with van der Waals surface area (Å²) in [6, 6.07) is 5.81. The van der Waals surface area contributed by atoms with Crippen molar-refractivity contribution < 1.29 is 14.3 Å². The van der Waals surface area contributed by atoms with E-state index in [1.165, 1.54) is 0 Å². The predicted octanol–water partition coefficient (Wildman–Crippen LogP) is 1.41. The van der Waals surface area contributed by atoms with E-state index in [0.29, 0.717) is 11.5 Å². The van der Waals surface area contributed by atoms with Gasteiger partial charge in [-0.1, -0.05) is 13.0 Å². The van der Waals surface area contributed by atoms with Crippen LogP contribution in [0.2, 0.25) is 0 Å². The Kier molecular flexibility index (Phi) is 4.84. The van der Waals surface area contributed by atoms with Gasteiger partial charge in [0, 0.05) is 26.6 Å². The first-order valence-corrected chi connectivity index (χ1v) is 6.95. The van der Waals surface area contributed by atoms with Crippen molar-refractivity contribution in [3.05, 3.63) is 23.8 Å². The Morgan fingerprint density at radius 3 is 2.80 bits per heavy atom. The first-order chi connectivity index (χ1) is 9.65. The molecule has 1 saturated heterocycles. The maximum absolute atomic E-state index is 11.9. The van der Waals surface area contributed by atoms with E-state index in [1.807, 2.05) is 18.2 Å². The number of carbonyl (C=O) groups excluding carboxylic acids is 1. The average molecular weight is 278 g/mol. The molecule has 0 bridgehead atoms. The summed E-state index contributed by atoms with van der Waals surface area (Å²) in [4.78, 5) is 13.6. The molecule has 1 aromatic carbocycles. The third-order valence-electron chi connectivity index (χ3n) is 3.45. The molecule has 1 N–H and O–H groups in total. The molecule has 0 spiro atoms. The van der Waals surface area contributed by atoms with E-state index in [0.717, 1.165) is 31.6 Å². The molecule has 20 heavy (non-hydrogen) atoms. The average Bonchev–Trinajstić information content (AvgIpc) is 2.77. The second-order valence-electron chi connectivity index (χ2n) is 4.92. The highest BCUT2D eigenvalue weighted by Crippen LogP contribution is 2.30. The monoisotopic (exact) mass is 278 g/mol. The Balaban J connectivity index is 2.13. The highest BCUT2D eigenvalue weighted by atomic mass is 16.5. The van der Waals surface area contributed by atoms with Crippen LogP contribution in [0.1, 0.15) is 18.9 Å². The van der Waals surface area contributed by atoms with Crippen molar-refractivity contribution >= 4 is 5.91 Å². The van der Waals surface area contributed by atoms with E-state index in [9.17, 15) is 4.79 Å². The van der Waals surface area contributed by atoms with E-state index in [1.54, 1.807) is 19.1 Å². The van der Waals surface area contributed by atoms with E-state index < -0.39 is 6.10 Å². The number of carbonyl (C=O) groups is 1. The van der Waals surface area contributed by atoms with Crippen molar-refractivity contribution in [3.8, 4) is 11.5 Å². The molecule has 110 valence electrons. The number of rotatable bonds is 6. The number of methoxy groups -OCH3 is 1. The van der Waals surface area contributed by atoms with Gasteiger partial charge in [0.1, 0.15) is 0 Å². The molecule has 1 amide bonds. The maximum Gasteiger partial charge on any atom is 0.263 e. The van der Waals surface area contributed by atoms with Gasteiger partial charge in [-0.3, -0.25) is 4.79 Å². The summed E-state index contributed by atoms with van der Waals surface area (Å²) >= 11 is 0. The molecule has 0 radical (unpaired) electrons. The molecule has 1 aliphatic rings. The van der Waals surface area contributed by atoms with E-state index in [-0.39, 0.29) is 5.91 Å². The quantitative estimate of drug-likeness (QED) is 0.855. The second kappa shape index (κ2) is 6.61. The van der Waals surface area contributed by atoms with Crippen molar-refractivity contribution in [2.24, 2.45) is 0 Å². The number of likely N-dealkylation sites (N-methyl/N-ethyl adjacent to an activating group) is 1. The van der Waals surface area contributed by atoms with Gasteiger partial charge in [0.25, 0.3) is 5.91 Å². The zero-order chi connectivity index (χ0) is 14.5. The van der Waals surface area contributed by atoms with Crippen LogP contribution < -0.4 is 14.8 Å². The molecule has 5 heteroatoms. The topological polar surface area (TPSA) is 50.8 Å². The number of ether oxygens (including phenoxy) is 2. The molecule has 2 rings (SSSR count). The molecule has 1 atom stereocenters. The highest BCUT2D eigenvalue weighted by molar-refractivity contribution is 5.83. The van der Waals surface area contributed by atoms with Gasteiger partial charge in [-0.25, -0.2) is 0 Å². The van der Waals surface area contributed by atoms with Crippen LogP contribution in [0.3, 0.4) is 0 Å². The fourth-order valence-corrected chi connectivity index (χ4v) is 2.25. The summed E-state index contributed by atoms with van der Waals surface area (Å²) < 4.78 is 11.2. The molecule has 1 fully saturated rings. The Morgan fingerprint density at radius 1 is 1.40 bits per heavy atom. The lowest BCUT2D eigenvalue weighted by Crippen LogP contribution is -2.29. The molecule has 0 aromatic heterocycles. The molecule has 1 aliphatic heterocycles. The molecule has 0 aliphatic carbocycles. The minimum absolute atomic E-state index is 0.0316. The van der Waals surface area contributed by atoms with Crippen molar-refractivity contribution in [3.63, 3.8) is 0 Å². The molecule has 1 aromatic rings. The third-order valence-corrected chi connectivity index (χ3v) is 3.45. The Labute approximate surface area is 119 Å². The summed E-state index contributed by atoms with van der Waals surface area (Å²) in [6.07, 6.45) is 0.318. The van der Waals surface area contributed by atoms with Crippen molar-refractivity contribution in [2.75, 3.05) is 27.2 Å². The molecule has 1 unspecified atom stereocenters. The van der Waals surface area contributed by atoms with Gasteiger partial charge in [-0.2, -0.15) is 0 Å². The maximum atomic E-state index is 11.9. The fraction of sp³-hybridized carbons (Fsp3) is 0.533. The first-order valence-electron chi connectivity index (χ1n) is 6.95. The van der Waals surface area contributed by atoms with Crippen LogP contribution in [0.4, 0.5) is 0 Å². The number of benzene rings is 1. The van der Waals surface area contributed by atoms with Gasteiger partial charge < -0.3 is 19.7 Å². The SMILES string of the molecule is CCNCc1ccc(OC)c(OC2CCN(C)C2=O)c1. The zero-order valence-electron chi connectivity index (χ0n) is 12.3. The van der Waals surface area contributed by atoms with Crippen molar-refractivity contribution in [1.82, 2.24) is 10.2 Å². The highest BCUT2D eigenvalue weighted by Gasteiger charge is 2.31. The minimum atomic E-state index is -0.400. The molecule has 0 saturated carbocycles. The lowest BCUT2D eigenvalue weighted by molar-refractivity contribution is -0.132. The van der Waals surface area contributed by atoms with Crippen molar-refractivity contribution in [2.45, 2.75) is 26.0 Å². The lowest BCUT2D eigenvalue weighted by Gasteiger charge is -2.16. The standard InChI is InChI=1S/C15H22N2O3/c1-4-16-10-11-5-6-12(19-3)14(9-11)20-13-7-8-17(2)15(13)18/h5-6,9,13,16H,4,7-8,10H2,1-3H3. The van der Waals surface area contributed by atoms with Gasteiger partial charge >= 0.3 is 0 Å². The smallest absolute Gasteiger partial charge is 0.263 e. The zero-order valence-corrected chi connectivity index (χ0v) is 12.3. The van der Waals surface area contributed by atoms with Gasteiger partial charge in [0.2, 0.25) is 0 Å². The van der Waals surface area contributed by atoms with Gasteiger partial charge in [0.15, 0.2) is 17.6 Å². The lowest BCUT2D eigenvalue weighted by atomic mass is 10.2. The van der Waals surface area contributed by atoms with E-state index >= 15 is 0 Å². The molecular formula is C15H22N2O3. The fourth-order valence-electron chi connectivity index (χ4n) is 2.25. The number of amides is 1. The van der Waals surface area contributed by atoms with Crippen LogP contribution in [-0.4, -0.2) is 44.2 Å². The van der Waals surface area contributed by atoms with Crippen LogP contribution in [0.25, 0.3) is 0 Å². The van der Waals surface area contributed by atoms with Crippen LogP contribution in [0, 0.1) is 0 Å². The van der Waals surface area contributed by atoms with Gasteiger partial charge in [-0.05, 0) is 24.2 Å². The summed E-state index contributed by atoms with van der Waals surface area (Å²) in [7, 11) is 3.40. The number of nitrogens with zero attached hydrogens (tertiary/aromatic N) is 1. The van der Waals surface area contributed by atoms with Crippen LogP contribution in [0.15, 0.2) is 18.2 Å². The van der Waals surface area contributed by atoms with Gasteiger partial charge in [-0.15, -0.1) is 0 Å². The number of hydrogen-bond donors (Lipinski definition) is 1. The summed E-state index contributed by atoms with van der Waals surface area (Å²) in [5.41, 5.74) is 1.11. The number of likely N-dealkylation sites (tertiary alicyclic amines) is 1. The van der Waals surface area contributed by atoms with Crippen LogP contribution >= 0.6 is 0 Å². The summed E-state index contributed by atoms with van der Waals surface area (Å²) in [5, 5.41) is 3.27. The minimum Gasteiger partial charge on any atom is -0.493 e. The molecule has 5 nitrogen and oxygen atoms in total. The Bertz CT molecular complexity index is 476. The summed E-state index contributed by atoms with van der Waals surface area (Å²) in [5.74, 6) is 1.33. The normalized spacial score (nSPS) is 18.4. The van der Waals surface area contributed by atoms with Crippen LogP contribution in [0.5, 0.6) is 11.5 Å². The van der Waals surface area contributed by atoms with Crippen LogP contribution in [-0.2, 0) is 11.3 Å². The largest absolute Gasteiger partial charge is 0.493 e. The first kappa shape index (κ1) is 14.7. The Hall–Kier alpha value is -1.75. The van der Waals surface area contributed by atoms with Gasteiger partial charge in [0.05, 0.1) is 7.11 Å². The summed E-state index contributed by atoms with van der Waals surface area (Å²) in [6.45, 7) is 4.49. The Morgan fingerprint density at radius 2 is 2.20 bits per heavy atom.